The van der Waals surface area contributed by atoms with Crippen molar-refractivity contribution in [1.82, 2.24) is 10.3 Å². The zero-order valence-electron chi connectivity index (χ0n) is 18.2. The molecule has 2 N–H and O–H groups in total. The third kappa shape index (κ3) is 6.11. The van der Waals surface area contributed by atoms with E-state index in [2.05, 4.69) is 20.6 Å². The Labute approximate surface area is 195 Å². The van der Waals surface area contributed by atoms with Gasteiger partial charge in [0.2, 0.25) is 11.7 Å². The first-order valence-corrected chi connectivity index (χ1v) is 10.1. The number of ether oxygens (including phenoxy) is 3. The third-order valence-electron chi connectivity index (χ3n) is 4.48. The highest BCUT2D eigenvalue weighted by molar-refractivity contribution is 6.31. The number of hydrogen-bond donors (Lipinski definition) is 2. The molecule has 0 bridgehead atoms. The molecule has 0 aliphatic rings. The van der Waals surface area contributed by atoms with Crippen molar-refractivity contribution in [3.05, 3.63) is 76.8 Å². The number of carbonyl (C=O) groups excluding carboxylic acids is 1. The van der Waals surface area contributed by atoms with Crippen molar-refractivity contribution < 1.29 is 23.4 Å². The Morgan fingerprint density at radius 2 is 1.82 bits per heavy atom. The fourth-order valence-corrected chi connectivity index (χ4v) is 3.06. The van der Waals surface area contributed by atoms with E-state index in [1.54, 1.807) is 18.5 Å². The Kier molecular flexibility index (Phi) is 8.04. The van der Waals surface area contributed by atoms with Crippen LogP contribution in [0.2, 0.25) is 5.02 Å². The second-order valence-corrected chi connectivity index (χ2v) is 7.06. The van der Waals surface area contributed by atoms with E-state index >= 15 is 0 Å². The quantitative estimate of drug-likeness (QED) is 0.393. The zero-order chi connectivity index (χ0) is 23.8. The average Bonchev–Trinajstić information content (AvgIpc) is 2.84. The van der Waals surface area contributed by atoms with Gasteiger partial charge < -0.3 is 19.5 Å². The monoisotopic (exact) mass is 472 g/mol. The minimum absolute atomic E-state index is 0.0671. The summed E-state index contributed by atoms with van der Waals surface area (Å²) >= 11 is 5.88. The molecule has 3 rings (SSSR count). The fraction of sp³-hybridized carbons (Fsp3) is 0.174. The molecule has 0 saturated carbocycles. The maximum absolute atomic E-state index is 13.5. The summed E-state index contributed by atoms with van der Waals surface area (Å²) in [6, 6.07) is 10.8. The summed E-state index contributed by atoms with van der Waals surface area (Å²) < 4.78 is 29.5. The van der Waals surface area contributed by atoms with Gasteiger partial charge in [0.15, 0.2) is 11.5 Å². The van der Waals surface area contributed by atoms with E-state index in [1.807, 2.05) is 6.07 Å². The molecule has 0 fully saturated rings. The smallest absolute Gasteiger partial charge is 0.258 e. The molecule has 2 aromatic carbocycles. The van der Waals surface area contributed by atoms with Gasteiger partial charge in [-0.15, -0.1) is 0 Å². The maximum atomic E-state index is 13.5. The SMILES string of the molecule is COc1cc(C(=O)NC(=NCc2cccnc2)Nc2ccc(F)c(Cl)c2)cc(OC)c1OC. The number of benzene rings is 2. The molecule has 0 aliphatic heterocycles. The number of nitrogens with one attached hydrogen (secondary N) is 2. The lowest BCUT2D eigenvalue weighted by Gasteiger charge is -2.15. The van der Waals surface area contributed by atoms with Crippen LogP contribution in [0.1, 0.15) is 15.9 Å². The van der Waals surface area contributed by atoms with Crippen LogP contribution in [0.15, 0.2) is 59.9 Å². The molecule has 0 atom stereocenters. The first-order chi connectivity index (χ1) is 15.9. The van der Waals surface area contributed by atoms with Crippen LogP contribution in [-0.2, 0) is 6.54 Å². The molecular formula is C23H22ClFN4O4. The van der Waals surface area contributed by atoms with Crippen molar-refractivity contribution in [2.45, 2.75) is 6.54 Å². The van der Waals surface area contributed by atoms with Gasteiger partial charge >= 0.3 is 0 Å². The normalized spacial score (nSPS) is 11.0. The summed E-state index contributed by atoms with van der Waals surface area (Å²) in [6.07, 6.45) is 3.32. The molecule has 1 aromatic heterocycles. The first kappa shape index (κ1) is 23.8. The number of methoxy groups -OCH3 is 3. The average molecular weight is 473 g/mol. The Morgan fingerprint density at radius 1 is 1.09 bits per heavy atom. The second-order valence-electron chi connectivity index (χ2n) is 6.65. The number of aromatic nitrogens is 1. The number of anilines is 1. The molecule has 33 heavy (non-hydrogen) atoms. The van der Waals surface area contributed by atoms with Gasteiger partial charge in [-0.1, -0.05) is 17.7 Å². The van der Waals surface area contributed by atoms with Gasteiger partial charge in [-0.25, -0.2) is 9.38 Å². The van der Waals surface area contributed by atoms with E-state index in [4.69, 9.17) is 25.8 Å². The Hall–Kier alpha value is -3.85. The molecule has 3 aromatic rings. The number of halogens is 2. The predicted octanol–water partition coefficient (Wildman–Crippen LogP) is 4.30. The van der Waals surface area contributed by atoms with E-state index in [0.29, 0.717) is 22.9 Å². The van der Waals surface area contributed by atoms with E-state index in [-0.39, 0.29) is 23.1 Å². The Morgan fingerprint density at radius 3 is 2.39 bits per heavy atom. The van der Waals surface area contributed by atoms with Gasteiger partial charge in [0.25, 0.3) is 5.91 Å². The van der Waals surface area contributed by atoms with Gasteiger partial charge in [0.1, 0.15) is 5.82 Å². The maximum Gasteiger partial charge on any atom is 0.258 e. The second kappa shape index (κ2) is 11.1. The third-order valence-corrected chi connectivity index (χ3v) is 4.77. The van der Waals surface area contributed by atoms with Crippen LogP contribution in [0.25, 0.3) is 0 Å². The Balaban J connectivity index is 1.90. The lowest BCUT2D eigenvalue weighted by Crippen LogP contribution is -2.36. The molecule has 10 heteroatoms. The molecule has 0 saturated heterocycles. The number of amides is 1. The van der Waals surface area contributed by atoms with Gasteiger partial charge in [-0.05, 0) is 42.0 Å². The van der Waals surface area contributed by atoms with Crippen LogP contribution in [-0.4, -0.2) is 38.2 Å². The number of rotatable bonds is 7. The summed E-state index contributed by atoms with van der Waals surface area (Å²) in [5, 5.41) is 5.61. The molecule has 0 radical (unpaired) electrons. The highest BCUT2D eigenvalue weighted by Crippen LogP contribution is 2.38. The summed E-state index contributed by atoms with van der Waals surface area (Å²) in [4.78, 5) is 21.5. The molecule has 1 heterocycles. The zero-order valence-corrected chi connectivity index (χ0v) is 18.9. The van der Waals surface area contributed by atoms with Crippen molar-refractivity contribution in [2.24, 2.45) is 4.99 Å². The summed E-state index contributed by atoms with van der Waals surface area (Å²) in [5.41, 5.74) is 1.52. The number of carbonyl (C=O) groups is 1. The highest BCUT2D eigenvalue weighted by Gasteiger charge is 2.18. The largest absolute Gasteiger partial charge is 0.493 e. The molecule has 0 spiro atoms. The number of pyridine rings is 1. The number of guanidine groups is 1. The number of hydrogen-bond acceptors (Lipinski definition) is 6. The van der Waals surface area contributed by atoms with E-state index < -0.39 is 11.7 Å². The minimum atomic E-state index is -0.558. The van der Waals surface area contributed by atoms with Crippen LogP contribution in [0, 0.1) is 5.82 Å². The number of nitrogens with zero attached hydrogens (tertiary/aromatic N) is 2. The standard InChI is InChI=1S/C23H22ClFN4O4/c1-31-19-9-15(10-20(32-2)21(19)33-3)22(30)29-23(27-13-14-5-4-8-26-12-14)28-16-6-7-18(25)17(24)11-16/h4-12H,13H2,1-3H3,(H2,27,28,29,30). The van der Waals surface area contributed by atoms with Crippen LogP contribution >= 0.6 is 11.6 Å². The molecule has 172 valence electrons. The van der Waals surface area contributed by atoms with Gasteiger partial charge in [0.05, 0.1) is 32.9 Å². The summed E-state index contributed by atoms with van der Waals surface area (Å²) in [6.45, 7) is 0.237. The molecule has 0 unspecified atom stereocenters. The summed E-state index contributed by atoms with van der Waals surface area (Å²) in [7, 11) is 4.39. The van der Waals surface area contributed by atoms with Crippen LogP contribution in [0.4, 0.5) is 10.1 Å². The highest BCUT2D eigenvalue weighted by atomic mass is 35.5. The van der Waals surface area contributed by atoms with Crippen molar-refractivity contribution >= 4 is 29.2 Å². The van der Waals surface area contributed by atoms with E-state index in [1.165, 1.54) is 51.7 Å². The van der Waals surface area contributed by atoms with Gasteiger partial charge in [-0.3, -0.25) is 15.1 Å². The molecule has 0 aliphatic carbocycles. The molecule has 1 amide bonds. The molecular weight excluding hydrogens is 451 g/mol. The lowest BCUT2D eigenvalue weighted by molar-refractivity contribution is 0.0976. The van der Waals surface area contributed by atoms with Crippen LogP contribution in [0.5, 0.6) is 17.2 Å². The van der Waals surface area contributed by atoms with Gasteiger partial charge in [0, 0.05) is 23.6 Å². The van der Waals surface area contributed by atoms with E-state index in [0.717, 1.165) is 5.56 Å². The first-order valence-electron chi connectivity index (χ1n) is 9.72. The Bertz CT molecular complexity index is 1130. The van der Waals surface area contributed by atoms with Crippen molar-refractivity contribution in [3.8, 4) is 17.2 Å². The lowest BCUT2D eigenvalue weighted by atomic mass is 10.1. The van der Waals surface area contributed by atoms with Crippen LogP contribution in [0.3, 0.4) is 0 Å². The van der Waals surface area contributed by atoms with Gasteiger partial charge in [-0.2, -0.15) is 0 Å². The van der Waals surface area contributed by atoms with Crippen LogP contribution < -0.4 is 24.8 Å². The fourth-order valence-electron chi connectivity index (χ4n) is 2.87. The summed E-state index contributed by atoms with van der Waals surface area (Å²) in [5.74, 6) is 0.0991. The van der Waals surface area contributed by atoms with E-state index in [9.17, 15) is 9.18 Å². The molecule has 8 nitrogen and oxygen atoms in total. The van der Waals surface area contributed by atoms with Crippen molar-refractivity contribution in [2.75, 3.05) is 26.6 Å². The number of aliphatic imine (C=N–C) groups is 1. The predicted molar refractivity (Wildman–Crippen MR) is 124 cm³/mol. The topological polar surface area (TPSA) is 94.1 Å². The van der Waals surface area contributed by atoms with Crippen molar-refractivity contribution in [1.29, 1.82) is 0 Å². The minimum Gasteiger partial charge on any atom is -0.493 e. The van der Waals surface area contributed by atoms with Crippen molar-refractivity contribution in [3.63, 3.8) is 0 Å².